The summed E-state index contributed by atoms with van der Waals surface area (Å²) in [4.78, 5) is 25.5. The Balaban J connectivity index is 1.48. The van der Waals surface area contributed by atoms with Gasteiger partial charge in [0.1, 0.15) is 23.0 Å². The molecule has 7 heteroatoms. The average molecular weight is 417 g/mol. The minimum absolute atomic E-state index is 0.0360. The molecule has 0 unspecified atom stereocenters. The number of ether oxygens (including phenoxy) is 1. The molecule has 0 saturated carbocycles. The van der Waals surface area contributed by atoms with Gasteiger partial charge in [0.25, 0.3) is 5.91 Å². The average Bonchev–Trinajstić information content (AvgIpc) is 3.41. The maximum atomic E-state index is 12.8. The Kier molecular flexibility index (Phi) is 5.63. The molecule has 1 N–H and O–H groups in total. The molecule has 4 rings (SSSR count). The van der Waals surface area contributed by atoms with Crippen LogP contribution >= 0.6 is 0 Å². The van der Waals surface area contributed by atoms with E-state index in [1.54, 1.807) is 36.0 Å². The van der Waals surface area contributed by atoms with Gasteiger partial charge in [0.05, 0.1) is 6.04 Å². The number of aryl methyl sites for hydroxylation is 2. The van der Waals surface area contributed by atoms with Crippen molar-refractivity contribution in [3.05, 3.63) is 76.8 Å². The van der Waals surface area contributed by atoms with Crippen molar-refractivity contribution < 1.29 is 18.7 Å². The predicted octanol–water partition coefficient (Wildman–Crippen LogP) is 3.99. The van der Waals surface area contributed by atoms with E-state index in [2.05, 4.69) is 11.4 Å². The fraction of sp³-hybridized carbons (Fsp3) is 0.292. The number of hydrogen-bond donors (Lipinski definition) is 1. The molecule has 0 fully saturated rings. The van der Waals surface area contributed by atoms with Gasteiger partial charge in [-0.2, -0.15) is 5.26 Å². The zero-order valence-electron chi connectivity index (χ0n) is 17.4. The highest BCUT2D eigenvalue weighted by molar-refractivity contribution is 5.96. The Morgan fingerprint density at radius 3 is 2.74 bits per heavy atom. The molecule has 31 heavy (non-hydrogen) atoms. The van der Waals surface area contributed by atoms with Crippen LogP contribution in [0.1, 0.15) is 58.6 Å². The van der Waals surface area contributed by atoms with Gasteiger partial charge in [-0.05, 0) is 56.4 Å². The number of furan rings is 1. The van der Waals surface area contributed by atoms with E-state index in [0.29, 0.717) is 0 Å². The number of nitrogens with one attached hydrogen (secondary N) is 1. The second-order valence-corrected chi connectivity index (χ2v) is 7.62. The molecule has 7 nitrogen and oxygen atoms in total. The van der Waals surface area contributed by atoms with Gasteiger partial charge in [0.15, 0.2) is 6.10 Å². The first-order valence-electron chi connectivity index (χ1n) is 10.3. The van der Waals surface area contributed by atoms with Gasteiger partial charge in [-0.3, -0.25) is 9.36 Å². The molecule has 2 aromatic heterocycles. The van der Waals surface area contributed by atoms with Crippen LogP contribution < -0.4 is 5.32 Å². The Labute approximate surface area is 180 Å². The lowest BCUT2D eigenvalue weighted by Gasteiger charge is -2.27. The molecule has 0 radical (unpaired) electrons. The molecule has 0 saturated heterocycles. The summed E-state index contributed by atoms with van der Waals surface area (Å²) in [6, 6.07) is 13.5. The van der Waals surface area contributed by atoms with Crippen LogP contribution in [0.15, 0.2) is 53.2 Å². The summed E-state index contributed by atoms with van der Waals surface area (Å²) >= 11 is 0. The Hall–Kier alpha value is -3.79. The predicted molar refractivity (Wildman–Crippen MR) is 113 cm³/mol. The van der Waals surface area contributed by atoms with Gasteiger partial charge < -0.3 is 14.5 Å². The van der Waals surface area contributed by atoms with Gasteiger partial charge in [-0.1, -0.05) is 24.3 Å². The zero-order chi connectivity index (χ0) is 22.0. The van der Waals surface area contributed by atoms with Gasteiger partial charge in [-0.15, -0.1) is 0 Å². The first-order chi connectivity index (χ1) is 15.0. The van der Waals surface area contributed by atoms with Crippen LogP contribution in [0.4, 0.5) is 0 Å². The third-order valence-corrected chi connectivity index (χ3v) is 5.56. The zero-order valence-corrected chi connectivity index (χ0v) is 17.4. The topological polar surface area (TPSA) is 97.3 Å². The van der Waals surface area contributed by atoms with Crippen LogP contribution in [0, 0.1) is 18.3 Å². The molecule has 2 atom stereocenters. The lowest BCUT2D eigenvalue weighted by molar-refractivity contribution is -0.130. The Bertz CT molecular complexity index is 1150. The van der Waals surface area contributed by atoms with E-state index >= 15 is 0 Å². The van der Waals surface area contributed by atoms with Gasteiger partial charge in [-0.25, -0.2) is 4.79 Å². The highest BCUT2D eigenvalue weighted by Crippen LogP contribution is 2.30. The second-order valence-electron chi connectivity index (χ2n) is 7.62. The van der Waals surface area contributed by atoms with Gasteiger partial charge in [0, 0.05) is 12.4 Å². The van der Waals surface area contributed by atoms with Crippen LogP contribution in [0.5, 0.6) is 0 Å². The van der Waals surface area contributed by atoms with E-state index in [4.69, 9.17) is 9.15 Å². The van der Waals surface area contributed by atoms with Crippen molar-refractivity contribution in [2.75, 3.05) is 0 Å². The SMILES string of the molecule is Cc1oc(-n2cccc2)c(C#N)c1C(=O)O[C@H](C)C(=O)N[C@@H]1CCCc2ccccc21. The maximum absolute atomic E-state index is 12.8. The van der Waals surface area contributed by atoms with Crippen molar-refractivity contribution in [2.24, 2.45) is 0 Å². The molecule has 3 aromatic rings. The van der Waals surface area contributed by atoms with Crippen molar-refractivity contribution in [2.45, 2.75) is 45.3 Å². The number of rotatable bonds is 5. The lowest BCUT2D eigenvalue weighted by Crippen LogP contribution is -2.39. The van der Waals surface area contributed by atoms with Crippen molar-refractivity contribution in [3.63, 3.8) is 0 Å². The maximum Gasteiger partial charge on any atom is 0.343 e. The number of nitrogens with zero attached hydrogens (tertiary/aromatic N) is 2. The first kappa shape index (κ1) is 20.5. The fourth-order valence-corrected chi connectivity index (χ4v) is 4.00. The number of carbonyl (C=O) groups is 2. The number of esters is 1. The number of aromatic nitrogens is 1. The van der Waals surface area contributed by atoms with E-state index in [9.17, 15) is 14.9 Å². The van der Waals surface area contributed by atoms with Gasteiger partial charge in [0.2, 0.25) is 5.88 Å². The minimum Gasteiger partial charge on any atom is -0.449 e. The minimum atomic E-state index is -1.02. The molecule has 0 aliphatic heterocycles. The number of amides is 1. The van der Waals surface area contributed by atoms with Gasteiger partial charge >= 0.3 is 5.97 Å². The molecule has 1 amide bonds. The number of hydrogen-bond acceptors (Lipinski definition) is 5. The van der Waals surface area contributed by atoms with Crippen LogP contribution in [0.2, 0.25) is 0 Å². The number of carbonyl (C=O) groups excluding carboxylic acids is 2. The normalized spacial score (nSPS) is 16.1. The Morgan fingerprint density at radius 2 is 2.00 bits per heavy atom. The number of nitriles is 1. The lowest BCUT2D eigenvalue weighted by atomic mass is 9.87. The molecular formula is C24H23N3O4. The van der Waals surface area contributed by atoms with E-state index in [1.165, 1.54) is 12.5 Å². The summed E-state index contributed by atoms with van der Waals surface area (Å²) in [5.41, 5.74) is 2.45. The number of fused-ring (bicyclic) bond motifs is 1. The molecule has 2 heterocycles. The molecule has 0 spiro atoms. The third kappa shape index (κ3) is 3.97. The summed E-state index contributed by atoms with van der Waals surface area (Å²) < 4.78 is 12.7. The van der Waals surface area contributed by atoms with E-state index < -0.39 is 12.1 Å². The van der Waals surface area contributed by atoms with Crippen LogP contribution in [0.3, 0.4) is 0 Å². The van der Waals surface area contributed by atoms with Crippen molar-refractivity contribution in [3.8, 4) is 12.0 Å². The summed E-state index contributed by atoms with van der Waals surface area (Å²) in [6.07, 6.45) is 5.23. The highest BCUT2D eigenvalue weighted by Gasteiger charge is 2.30. The standard InChI is InChI=1S/C24H23N3O4/c1-15-21(19(14-25)23(30-15)27-12-5-6-13-27)24(29)31-16(2)22(28)26-20-11-7-9-17-8-3-4-10-18(17)20/h3-6,8,10,12-13,16,20H,7,9,11H2,1-2H3,(H,26,28)/t16-,20-/m1/s1. The quantitative estimate of drug-likeness (QED) is 0.633. The summed E-state index contributed by atoms with van der Waals surface area (Å²) in [5, 5.41) is 12.6. The van der Waals surface area contributed by atoms with Crippen molar-refractivity contribution in [1.82, 2.24) is 9.88 Å². The van der Waals surface area contributed by atoms with E-state index in [0.717, 1.165) is 24.8 Å². The first-order valence-corrected chi connectivity index (χ1v) is 10.3. The summed E-state index contributed by atoms with van der Waals surface area (Å²) in [5.74, 6) is -0.629. The van der Waals surface area contributed by atoms with Crippen molar-refractivity contribution >= 4 is 11.9 Å². The number of benzene rings is 1. The smallest absolute Gasteiger partial charge is 0.343 e. The third-order valence-electron chi connectivity index (χ3n) is 5.56. The molecule has 158 valence electrons. The van der Waals surface area contributed by atoms with E-state index in [-0.39, 0.29) is 34.7 Å². The Morgan fingerprint density at radius 1 is 1.26 bits per heavy atom. The summed E-state index contributed by atoms with van der Waals surface area (Å²) in [7, 11) is 0. The molecule has 1 aliphatic carbocycles. The van der Waals surface area contributed by atoms with Crippen LogP contribution in [-0.2, 0) is 16.0 Å². The molecule has 1 aliphatic rings. The van der Waals surface area contributed by atoms with Crippen molar-refractivity contribution in [1.29, 1.82) is 5.26 Å². The van der Waals surface area contributed by atoms with Crippen LogP contribution in [-0.4, -0.2) is 22.5 Å². The largest absolute Gasteiger partial charge is 0.449 e. The summed E-state index contributed by atoms with van der Waals surface area (Å²) in [6.45, 7) is 3.12. The van der Waals surface area contributed by atoms with E-state index in [1.807, 2.05) is 24.3 Å². The highest BCUT2D eigenvalue weighted by atomic mass is 16.5. The molecule has 1 aromatic carbocycles. The molecular weight excluding hydrogens is 394 g/mol. The molecule has 0 bridgehead atoms. The monoisotopic (exact) mass is 417 g/mol. The van der Waals surface area contributed by atoms with Crippen LogP contribution in [0.25, 0.3) is 5.88 Å². The fourth-order valence-electron chi connectivity index (χ4n) is 4.00. The second kappa shape index (κ2) is 8.52.